The van der Waals surface area contributed by atoms with Crippen LogP contribution in [0.1, 0.15) is 27.9 Å². The van der Waals surface area contributed by atoms with E-state index in [0.29, 0.717) is 22.4 Å². The van der Waals surface area contributed by atoms with Crippen molar-refractivity contribution in [3.8, 4) is 0 Å². The minimum atomic E-state index is -3.76. The number of primary sulfonamides is 1. The number of aryl methyl sites for hydroxylation is 2. The fourth-order valence-electron chi connectivity index (χ4n) is 2.73. The Morgan fingerprint density at radius 2 is 1.86 bits per heavy atom. The van der Waals surface area contributed by atoms with Gasteiger partial charge in [-0.1, -0.05) is 0 Å². The normalized spacial score (nSPS) is 18.6. The Morgan fingerprint density at radius 3 is 2.27 bits per heavy atom. The number of esters is 1. The van der Waals surface area contributed by atoms with Gasteiger partial charge in [-0.05, 0) is 37.1 Å². The summed E-state index contributed by atoms with van der Waals surface area (Å²) in [5.41, 5.74) is 2.40. The second-order valence-electron chi connectivity index (χ2n) is 5.37. The molecule has 0 radical (unpaired) electrons. The minimum Gasteiger partial charge on any atom is -0.465 e. The summed E-state index contributed by atoms with van der Waals surface area (Å²) in [6.45, 7) is 3.54. The minimum absolute atomic E-state index is 0.0247. The predicted octanol–water partition coefficient (Wildman–Crippen LogP) is 0.484. The molecule has 0 spiro atoms. The molecule has 1 saturated heterocycles. The second-order valence-corrected chi connectivity index (χ2v) is 7.21. The zero-order valence-electron chi connectivity index (χ0n) is 12.6. The summed E-state index contributed by atoms with van der Waals surface area (Å²) in [4.78, 5) is 25.1. The highest BCUT2D eigenvalue weighted by Gasteiger charge is 2.38. The third kappa shape index (κ3) is 2.97. The van der Waals surface area contributed by atoms with Gasteiger partial charge in [-0.25, -0.2) is 18.4 Å². The van der Waals surface area contributed by atoms with Crippen molar-refractivity contribution in [3.05, 3.63) is 28.8 Å². The molecule has 1 unspecified atom stereocenters. The number of hydrogen-bond donors (Lipinski definition) is 1. The molecule has 1 fully saturated rings. The van der Waals surface area contributed by atoms with Crippen molar-refractivity contribution in [1.29, 1.82) is 0 Å². The van der Waals surface area contributed by atoms with Gasteiger partial charge in [0.05, 0.1) is 12.7 Å². The third-order valence-electron chi connectivity index (χ3n) is 3.74. The number of carbonyl (C=O) groups excluding carboxylic acids is 2. The Kier molecular flexibility index (Phi) is 4.25. The fraction of sp³-hybridized carbons (Fsp3) is 0.429. The average molecular weight is 326 g/mol. The first-order valence-corrected chi connectivity index (χ1v) is 8.27. The smallest absolute Gasteiger partial charge is 0.337 e. The van der Waals surface area contributed by atoms with E-state index in [2.05, 4.69) is 4.74 Å². The lowest BCUT2D eigenvalue weighted by Gasteiger charge is -2.22. The van der Waals surface area contributed by atoms with Gasteiger partial charge in [0.25, 0.3) is 0 Å². The van der Waals surface area contributed by atoms with E-state index >= 15 is 0 Å². The van der Waals surface area contributed by atoms with Crippen molar-refractivity contribution >= 4 is 27.6 Å². The molecule has 0 bridgehead atoms. The highest BCUT2D eigenvalue weighted by atomic mass is 32.2. The first-order chi connectivity index (χ1) is 10.1. The van der Waals surface area contributed by atoms with Gasteiger partial charge in [0.1, 0.15) is 5.25 Å². The van der Waals surface area contributed by atoms with Gasteiger partial charge in [0, 0.05) is 18.7 Å². The van der Waals surface area contributed by atoms with Crippen LogP contribution in [0.15, 0.2) is 12.1 Å². The molecule has 1 aliphatic rings. The molecule has 1 aromatic rings. The Bertz CT molecular complexity index is 719. The number of ether oxygens (including phenoxy) is 1. The topological polar surface area (TPSA) is 107 Å². The summed E-state index contributed by atoms with van der Waals surface area (Å²) >= 11 is 0. The molecule has 0 aliphatic carbocycles. The van der Waals surface area contributed by atoms with Crippen molar-refractivity contribution in [2.24, 2.45) is 5.14 Å². The van der Waals surface area contributed by atoms with Crippen LogP contribution in [0.3, 0.4) is 0 Å². The molecule has 1 atom stereocenters. The van der Waals surface area contributed by atoms with Crippen molar-refractivity contribution in [3.63, 3.8) is 0 Å². The number of methoxy groups -OCH3 is 1. The van der Waals surface area contributed by atoms with Gasteiger partial charge in [-0.2, -0.15) is 0 Å². The molecular formula is C14H18N2O5S. The molecule has 1 amide bonds. The molecule has 1 aliphatic heterocycles. The summed E-state index contributed by atoms with van der Waals surface area (Å²) < 4.78 is 27.6. The number of carbonyl (C=O) groups is 2. The largest absolute Gasteiger partial charge is 0.465 e. The van der Waals surface area contributed by atoms with Gasteiger partial charge in [-0.3, -0.25) is 4.79 Å². The Labute approximate surface area is 129 Å². The molecule has 7 nitrogen and oxygen atoms in total. The summed E-state index contributed by atoms with van der Waals surface area (Å²) in [5.74, 6) is -0.760. The standard InChI is InChI=1S/C14H18N2O5S/c1-8-4-10(14(18)21-3)5-9(2)13(8)16-7-11(6-12(16)17)22(15,19)20/h4-5,11H,6-7H2,1-3H3,(H2,15,19,20). The van der Waals surface area contributed by atoms with Crippen LogP contribution in [0.25, 0.3) is 0 Å². The third-order valence-corrected chi connectivity index (χ3v) is 4.98. The first-order valence-electron chi connectivity index (χ1n) is 6.66. The van der Waals surface area contributed by atoms with Crippen molar-refractivity contribution < 1.29 is 22.7 Å². The van der Waals surface area contributed by atoms with Crippen LogP contribution in [-0.2, 0) is 19.6 Å². The van der Waals surface area contributed by atoms with Crippen LogP contribution >= 0.6 is 0 Å². The van der Waals surface area contributed by atoms with Gasteiger partial charge < -0.3 is 9.64 Å². The summed E-state index contributed by atoms with van der Waals surface area (Å²) in [6.07, 6.45) is -0.129. The number of nitrogens with two attached hydrogens (primary N) is 1. The maximum absolute atomic E-state index is 12.1. The number of hydrogen-bond acceptors (Lipinski definition) is 5. The van der Waals surface area contributed by atoms with Gasteiger partial charge >= 0.3 is 5.97 Å². The average Bonchev–Trinajstić information content (AvgIpc) is 2.79. The maximum atomic E-state index is 12.1. The van der Waals surface area contributed by atoms with Crippen LogP contribution in [-0.4, -0.2) is 39.2 Å². The molecular weight excluding hydrogens is 308 g/mol. The van der Waals surface area contributed by atoms with Crippen LogP contribution in [0.5, 0.6) is 0 Å². The number of rotatable bonds is 3. The lowest BCUT2D eigenvalue weighted by Crippen LogP contribution is -2.32. The molecule has 2 N–H and O–H groups in total. The highest BCUT2D eigenvalue weighted by Crippen LogP contribution is 2.31. The number of anilines is 1. The van der Waals surface area contributed by atoms with E-state index in [0.717, 1.165) is 0 Å². The molecule has 22 heavy (non-hydrogen) atoms. The molecule has 8 heteroatoms. The number of benzene rings is 1. The lowest BCUT2D eigenvalue weighted by atomic mass is 10.0. The predicted molar refractivity (Wildman–Crippen MR) is 81.1 cm³/mol. The monoisotopic (exact) mass is 326 g/mol. The molecule has 0 saturated carbocycles. The van der Waals surface area contributed by atoms with E-state index in [9.17, 15) is 18.0 Å². The first kappa shape index (κ1) is 16.4. The zero-order chi connectivity index (χ0) is 16.7. The van der Waals surface area contributed by atoms with E-state index in [1.54, 1.807) is 26.0 Å². The van der Waals surface area contributed by atoms with E-state index in [-0.39, 0.29) is 18.9 Å². The summed E-state index contributed by atoms with van der Waals surface area (Å²) in [5, 5.41) is 4.23. The van der Waals surface area contributed by atoms with Crippen LogP contribution in [0, 0.1) is 13.8 Å². The van der Waals surface area contributed by atoms with Gasteiger partial charge in [0.2, 0.25) is 15.9 Å². The molecule has 1 aromatic carbocycles. The quantitative estimate of drug-likeness (QED) is 0.813. The molecule has 0 aromatic heterocycles. The number of amides is 1. The number of sulfonamides is 1. The summed E-state index contributed by atoms with van der Waals surface area (Å²) in [7, 11) is -2.47. The fourth-order valence-corrected chi connectivity index (χ4v) is 3.46. The van der Waals surface area contributed by atoms with Crippen molar-refractivity contribution in [2.45, 2.75) is 25.5 Å². The summed E-state index contributed by atoms with van der Waals surface area (Å²) in [6, 6.07) is 3.23. The van der Waals surface area contributed by atoms with Gasteiger partial charge in [0.15, 0.2) is 0 Å². The maximum Gasteiger partial charge on any atom is 0.337 e. The van der Waals surface area contributed by atoms with Crippen molar-refractivity contribution in [1.82, 2.24) is 0 Å². The van der Waals surface area contributed by atoms with E-state index in [4.69, 9.17) is 5.14 Å². The lowest BCUT2D eigenvalue weighted by molar-refractivity contribution is -0.117. The van der Waals surface area contributed by atoms with Crippen LogP contribution < -0.4 is 10.0 Å². The Balaban J connectivity index is 2.42. The highest BCUT2D eigenvalue weighted by molar-refractivity contribution is 7.89. The van der Waals surface area contributed by atoms with Crippen molar-refractivity contribution in [2.75, 3.05) is 18.6 Å². The SMILES string of the molecule is COC(=O)c1cc(C)c(N2CC(S(N)(=O)=O)CC2=O)c(C)c1. The van der Waals surface area contributed by atoms with E-state index in [1.807, 2.05) is 0 Å². The second kappa shape index (κ2) is 5.69. The Morgan fingerprint density at radius 1 is 1.32 bits per heavy atom. The van der Waals surface area contributed by atoms with Crippen LogP contribution in [0.2, 0.25) is 0 Å². The molecule has 1 heterocycles. The molecule has 2 rings (SSSR count). The van der Waals surface area contributed by atoms with E-state index in [1.165, 1.54) is 12.0 Å². The van der Waals surface area contributed by atoms with Gasteiger partial charge in [-0.15, -0.1) is 0 Å². The van der Waals surface area contributed by atoms with E-state index < -0.39 is 21.2 Å². The van der Waals surface area contributed by atoms with Crippen LogP contribution in [0.4, 0.5) is 5.69 Å². The Hall–Kier alpha value is -1.93. The molecule has 120 valence electrons. The number of nitrogens with zero attached hydrogens (tertiary/aromatic N) is 1. The zero-order valence-corrected chi connectivity index (χ0v) is 13.4.